The molecule has 4 aliphatic heterocycles. The smallest absolute Gasteiger partial charge is 0.409 e. The maximum absolute atomic E-state index is 14.5. The lowest BCUT2D eigenvalue weighted by molar-refractivity contribution is -0.160. The molecule has 3 fully saturated rings. The number of aliphatic hydroxyl groups is 2. The highest BCUT2D eigenvalue weighted by Gasteiger charge is 2.64. The summed E-state index contributed by atoms with van der Waals surface area (Å²) >= 11 is 6.91. The molecule has 268 valence electrons. The number of Topliss-reactive ketones (excluding diaryl/α,β-unsaturated/α-hetero) is 1. The van der Waals surface area contributed by atoms with Gasteiger partial charge in [0, 0.05) is 43.6 Å². The first-order valence-corrected chi connectivity index (χ1v) is 17.5. The van der Waals surface area contributed by atoms with Crippen molar-refractivity contribution in [2.75, 3.05) is 11.4 Å². The first-order chi connectivity index (χ1) is 22.8. The third kappa shape index (κ3) is 7.31. The molecule has 3 unspecified atom stereocenters. The van der Waals surface area contributed by atoms with Crippen molar-refractivity contribution in [1.29, 1.82) is 0 Å². The molecule has 12 heteroatoms. The SMILES string of the molecule is CC1=C/C=C/[C@@H](C)[C@@]2(O)C[C@H](OC(=O)N2)[C@@H](C)C2O[C@@]2(C)[C@@H]2CC(=O)N(CCC(C)(O)C(=O)C[C@@H](C)C(=O)O2)c2cc(cc(C)c2Cl)C1C. The molecule has 4 aliphatic rings. The van der Waals surface area contributed by atoms with Crippen molar-refractivity contribution in [1.82, 2.24) is 5.32 Å². The molecule has 2 amide bonds. The van der Waals surface area contributed by atoms with Gasteiger partial charge in [0.25, 0.3) is 0 Å². The van der Waals surface area contributed by atoms with Crippen molar-refractivity contribution in [2.24, 2.45) is 17.8 Å². The molecule has 5 rings (SSSR count). The predicted octanol–water partition coefficient (Wildman–Crippen LogP) is 5.27. The summed E-state index contributed by atoms with van der Waals surface area (Å²) in [4.78, 5) is 55.4. The highest BCUT2D eigenvalue weighted by atomic mass is 35.5. The van der Waals surface area contributed by atoms with Crippen LogP contribution >= 0.6 is 11.6 Å². The molecule has 0 aliphatic carbocycles. The second kappa shape index (κ2) is 13.5. The van der Waals surface area contributed by atoms with Crippen LogP contribution in [0.1, 0.15) is 91.2 Å². The molecular formula is C37H49ClN2O9. The number of hydrogen-bond acceptors (Lipinski definition) is 9. The van der Waals surface area contributed by atoms with Crippen LogP contribution in [0.4, 0.5) is 10.5 Å². The Bertz CT molecular complexity index is 1590. The highest BCUT2D eigenvalue weighted by molar-refractivity contribution is 6.34. The van der Waals surface area contributed by atoms with Crippen molar-refractivity contribution in [3.63, 3.8) is 0 Å². The van der Waals surface area contributed by atoms with Gasteiger partial charge in [-0.3, -0.25) is 19.7 Å². The molecule has 0 spiro atoms. The monoisotopic (exact) mass is 700 g/mol. The van der Waals surface area contributed by atoms with Crippen molar-refractivity contribution in [2.45, 2.75) is 122 Å². The van der Waals surface area contributed by atoms with Crippen molar-refractivity contribution in [3.05, 3.63) is 52.1 Å². The summed E-state index contributed by atoms with van der Waals surface area (Å²) in [5.41, 5.74) is -1.55. The van der Waals surface area contributed by atoms with E-state index in [1.807, 2.05) is 65.0 Å². The molecule has 6 bridgehead atoms. The highest BCUT2D eigenvalue weighted by Crippen LogP contribution is 2.49. The average Bonchev–Trinajstić information content (AvgIpc) is 3.72. The Hall–Kier alpha value is -3.25. The number of epoxide rings is 1. The Labute approximate surface area is 293 Å². The van der Waals surface area contributed by atoms with Gasteiger partial charge in [0.05, 0.1) is 29.2 Å². The van der Waals surface area contributed by atoms with Crippen molar-refractivity contribution < 1.29 is 43.6 Å². The van der Waals surface area contributed by atoms with E-state index in [9.17, 15) is 29.4 Å². The largest absolute Gasteiger partial charge is 0.458 e. The maximum Gasteiger partial charge on any atom is 0.409 e. The van der Waals surface area contributed by atoms with Crippen molar-refractivity contribution >= 4 is 41.0 Å². The van der Waals surface area contributed by atoms with E-state index in [2.05, 4.69) is 5.32 Å². The zero-order valence-electron chi connectivity index (χ0n) is 29.5. The van der Waals surface area contributed by atoms with E-state index >= 15 is 0 Å². The van der Waals surface area contributed by atoms with Gasteiger partial charge in [-0.25, -0.2) is 4.79 Å². The van der Waals surface area contributed by atoms with Crippen LogP contribution in [0.5, 0.6) is 0 Å². The minimum absolute atomic E-state index is 0.0277. The van der Waals surface area contributed by atoms with Crippen LogP contribution in [-0.2, 0) is 28.6 Å². The van der Waals surface area contributed by atoms with Gasteiger partial charge in [-0.05, 0) is 44.9 Å². The van der Waals surface area contributed by atoms with Gasteiger partial charge in [0.15, 0.2) is 5.78 Å². The molecule has 49 heavy (non-hydrogen) atoms. The number of carbonyl (C=O) groups excluding carboxylic acids is 4. The van der Waals surface area contributed by atoms with E-state index in [-0.39, 0.29) is 38.1 Å². The number of hydrogen-bond donors (Lipinski definition) is 3. The average molecular weight is 701 g/mol. The van der Waals surface area contributed by atoms with E-state index < -0.39 is 76.7 Å². The topological polar surface area (TPSA) is 155 Å². The van der Waals surface area contributed by atoms with Crippen LogP contribution in [0.3, 0.4) is 0 Å². The summed E-state index contributed by atoms with van der Waals surface area (Å²) in [5.74, 6) is -3.63. The second-order valence-electron chi connectivity index (χ2n) is 15.0. The molecule has 1 aromatic carbocycles. The van der Waals surface area contributed by atoms with Gasteiger partial charge in [-0.15, -0.1) is 0 Å². The van der Waals surface area contributed by atoms with E-state index in [1.54, 1.807) is 13.8 Å². The number of alkyl carbamates (subject to hydrolysis) is 1. The fourth-order valence-corrected chi connectivity index (χ4v) is 7.35. The number of rotatable bonds is 0. The molecule has 1 aromatic rings. The number of nitrogens with one attached hydrogen (secondary N) is 1. The zero-order valence-corrected chi connectivity index (χ0v) is 30.3. The number of esters is 1. The molecule has 11 nitrogen and oxygen atoms in total. The first kappa shape index (κ1) is 37.0. The number of fused-ring (bicyclic) bond motifs is 10. The van der Waals surface area contributed by atoms with Gasteiger partial charge in [0.1, 0.15) is 29.1 Å². The van der Waals surface area contributed by atoms with Crippen LogP contribution in [0.25, 0.3) is 0 Å². The Balaban J connectivity index is 1.66. The number of ketones is 1. The fourth-order valence-electron chi connectivity index (χ4n) is 7.14. The number of benzene rings is 1. The Morgan fingerprint density at radius 3 is 2.39 bits per heavy atom. The number of anilines is 1. The van der Waals surface area contributed by atoms with Crippen LogP contribution in [-0.4, -0.2) is 75.7 Å². The summed E-state index contributed by atoms with van der Waals surface area (Å²) in [6.07, 6.45) is 1.88. The minimum atomic E-state index is -1.81. The summed E-state index contributed by atoms with van der Waals surface area (Å²) < 4.78 is 17.9. The molecule has 0 saturated carbocycles. The predicted molar refractivity (Wildman–Crippen MR) is 183 cm³/mol. The van der Waals surface area contributed by atoms with E-state index in [0.29, 0.717) is 10.7 Å². The number of carbonyl (C=O) groups is 4. The lowest BCUT2D eigenvalue weighted by atomic mass is 9.82. The molecule has 4 heterocycles. The third-order valence-corrected chi connectivity index (χ3v) is 11.7. The van der Waals surface area contributed by atoms with Gasteiger partial charge >= 0.3 is 12.1 Å². The number of amides is 2. The second-order valence-corrected chi connectivity index (χ2v) is 15.4. The third-order valence-electron chi connectivity index (χ3n) is 11.2. The van der Waals surface area contributed by atoms with Crippen LogP contribution in [0.15, 0.2) is 35.9 Å². The summed E-state index contributed by atoms with van der Waals surface area (Å²) in [5, 5.41) is 25.8. The molecular weight excluding hydrogens is 652 g/mol. The van der Waals surface area contributed by atoms with Crippen LogP contribution in [0.2, 0.25) is 5.02 Å². The van der Waals surface area contributed by atoms with Gasteiger partial charge in [0.2, 0.25) is 5.91 Å². The van der Waals surface area contributed by atoms with Gasteiger partial charge in [-0.2, -0.15) is 0 Å². The van der Waals surface area contributed by atoms with Crippen LogP contribution in [0, 0.1) is 24.7 Å². The van der Waals surface area contributed by atoms with Crippen molar-refractivity contribution in [3.8, 4) is 0 Å². The molecule has 0 aromatic heterocycles. The lowest BCUT2D eigenvalue weighted by Gasteiger charge is -2.41. The Morgan fingerprint density at radius 1 is 1.00 bits per heavy atom. The molecule has 0 radical (unpaired) electrons. The quantitative estimate of drug-likeness (QED) is 0.243. The van der Waals surface area contributed by atoms with E-state index in [0.717, 1.165) is 16.7 Å². The number of aryl methyl sites for hydroxylation is 1. The molecule has 3 saturated heterocycles. The van der Waals surface area contributed by atoms with Gasteiger partial charge < -0.3 is 29.3 Å². The van der Waals surface area contributed by atoms with E-state index in [4.69, 9.17) is 25.8 Å². The Kier molecular flexibility index (Phi) is 10.2. The summed E-state index contributed by atoms with van der Waals surface area (Å²) in [7, 11) is 0. The summed E-state index contributed by atoms with van der Waals surface area (Å²) in [6.45, 7) is 14.2. The fraction of sp³-hybridized carbons (Fsp3) is 0.622. The summed E-state index contributed by atoms with van der Waals surface area (Å²) in [6, 6.07) is 3.81. The molecule has 10 atom stereocenters. The lowest BCUT2D eigenvalue weighted by Crippen LogP contribution is -2.60. The van der Waals surface area contributed by atoms with Gasteiger partial charge in [-0.1, -0.05) is 69.2 Å². The normalized spacial score (nSPS) is 39.8. The zero-order chi connectivity index (χ0) is 36.2. The van der Waals surface area contributed by atoms with E-state index in [1.165, 1.54) is 11.8 Å². The maximum atomic E-state index is 14.5. The minimum Gasteiger partial charge on any atom is -0.458 e. The Morgan fingerprint density at radius 2 is 1.69 bits per heavy atom. The number of halogens is 1. The number of ether oxygens (including phenoxy) is 3. The number of allylic oxidation sites excluding steroid dienone is 3. The standard InChI is InChI=1S/C37H49ClN2O9/c1-19-10-9-11-22(4)37(46)18-27(47-34(44)39-37)24(6)32-36(8,49-32)29-17-30(42)40(26-16-25(23(19)5)14-20(2)31(26)38)13-12-35(7,45)28(41)15-21(3)33(43)48-29/h9-11,14,16,21-24,27,29,32,45-46H,12-13,15,17-18H2,1-8H3,(H,39,44)/b11-9+,19-10?/t21-,22-,23?,24-,27+,29+,32?,35?,36+,37+/m1/s1. The molecule has 3 N–H and O–H groups in total. The first-order valence-electron chi connectivity index (χ1n) is 17.1. The number of nitrogens with zero attached hydrogens (tertiary/aromatic N) is 1. The van der Waals surface area contributed by atoms with Crippen LogP contribution < -0.4 is 10.2 Å².